The van der Waals surface area contributed by atoms with Gasteiger partial charge in [-0.15, -0.1) is 0 Å². The molecule has 1 heterocycles. The molecule has 1 rings (SSSR count). The summed E-state index contributed by atoms with van der Waals surface area (Å²) in [5.74, 6) is 0. The molecule has 0 saturated heterocycles. The minimum Gasteiger partial charge on any atom is -0.321 e. The quantitative estimate of drug-likeness (QED) is 0.846. The Morgan fingerprint density at radius 1 is 1.77 bits per heavy atom. The Morgan fingerprint density at radius 2 is 2.46 bits per heavy atom. The third-order valence-electron chi connectivity index (χ3n) is 1.36. The van der Waals surface area contributed by atoms with Crippen LogP contribution in [0.2, 0.25) is 0 Å². The number of pyridine rings is 1. The highest BCUT2D eigenvalue weighted by atomic mass is 79.9. The second-order valence-corrected chi connectivity index (χ2v) is 4.90. The lowest BCUT2D eigenvalue weighted by Crippen LogP contribution is -2.09. The number of aromatic nitrogens is 1. The molecule has 0 aliphatic heterocycles. The highest BCUT2D eigenvalue weighted by Gasteiger charge is 2.24. The molecule has 0 aliphatic rings. The van der Waals surface area contributed by atoms with E-state index < -0.39 is 7.60 Å². The van der Waals surface area contributed by atoms with E-state index in [0.717, 1.165) is 0 Å². The van der Waals surface area contributed by atoms with E-state index in [0.29, 0.717) is 4.47 Å². The van der Waals surface area contributed by atoms with Crippen LogP contribution >= 0.6 is 23.5 Å². The van der Waals surface area contributed by atoms with E-state index in [1.807, 2.05) is 0 Å². The first-order chi connectivity index (χ1) is 6.08. The van der Waals surface area contributed by atoms with Crippen molar-refractivity contribution in [3.8, 4) is 0 Å². The second-order valence-electron chi connectivity index (χ2n) is 2.27. The Bertz CT molecular complexity index is 344. The first-order valence-electron chi connectivity index (χ1n) is 3.65. The predicted octanol–water partition coefficient (Wildman–Crippen LogP) is 1.69. The van der Waals surface area contributed by atoms with Gasteiger partial charge in [0.2, 0.25) is 0 Å². The average molecular weight is 266 g/mol. The van der Waals surface area contributed by atoms with E-state index in [4.69, 9.17) is 4.52 Å². The zero-order valence-corrected chi connectivity index (χ0v) is 9.46. The summed E-state index contributed by atoms with van der Waals surface area (Å²) in [4.78, 5) is 13.2. The second kappa shape index (κ2) is 4.33. The third-order valence-corrected chi connectivity index (χ3v) is 3.93. The van der Waals surface area contributed by atoms with Gasteiger partial charge >= 0.3 is 7.60 Å². The molecule has 0 saturated carbocycles. The van der Waals surface area contributed by atoms with Crippen LogP contribution in [0.3, 0.4) is 0 Å². The summed E-state index contributed by atoms with van der Waals surface area (Å²) >= 11 is 3.15. The molecule has 0 fully saturated rings. The van der Waals surface area contributed by atoms with Gasteiger partial charge in [-0.25, -0.2) is 0 Å². The predicted molar refractivity (Wildman–Crippen MR) is 53.0 cm³/mol. The molecule has 1 N–H and O–H groups in total. The number of hydrogen-bond acceptors (Lipinski definition) is 3. The summed E-state index contributed by atoms with van der Waals surface area (Å²) in [6.45, 7) is 1.85. The summed E-state index contributed by atoms with van der Waals surface area (Å²) in [6, 6.07) is 1.59. The SMILES string of the molecule is CCOP(=O)(O)c1cnccc1Br. The van der Waals surface area contributed by atoms with Gasteiger partial charge in [0, 0.05) is 16.9 Å². The van der Waals surface area contributed by atoms with E-state index >= 15 is 0 Å². The van der Waals surface area contributed by atoms with Crippen molar-refractivity contribution >= 4 is 28.8 Å². The van der Waals surface area contributed by atoms with Crippen molar-refractivity contribution in [3.05, 3.63) is 22.9 Å². The van der Waals surface area contributed by atoms with Crippen LogP contribution in [0.5, 0.6) is 0 Å². The van der Waals surface area contributed by atoms with E-state index in [1.54, 1.807) is 13.0 Å². The maximum absolute atomic E-state index is 11.5. The van der Waals surface area contributed by atoms with Crippen molar-refractivity contribution in [2.24, 2.45) is 0 Å². The Balaban J connectivity index is 3.07. The van der Waals surface area contributed by atoms with Crippen LogP contribution in [-0.4, -0.2) is 16.5 Å². The van der Waals surface area contributed by atoms with Crippen molar-refractivity contribution in [2.45, 2.75) is 6.92 Å². The molecular formula is C7H9BrNO3P. The zero-order chi connectivity index (χ0) is 9.90. The fourth-order valence-corrected chi connectivity index (χ4v) is 2.76. The van der Waals surface area contributed by atoms with Gasteiger partial charge in [-0.1, -0.05) is 0 Å². The maximum atomic E-state index is 11.5. The minimum absolute atomic E-state index is 0.190. The summed E-state index contributed by atoms with van der Waals surface area (Å²) in [6.07, 6.45) is 2.85. The van der Waals surface area contributed by atoms with E-state index in [2.05, 4.69) is 20.9 Å². The topological polar surface area (TPSA) is 59.4 Å². The number of halogens is 1. The highest BCUT2D eigenvalue weighted by Crippen LogP contribution is 2.42. The van der Waals surface area contributed by atoms with Gasteiger partial charge in [0.05, 0.1) is 11.9 Å². The smallest absolute Gasteiger partial charge is 0.321 e. The first-order valence-corrected chi connectivity index (χ1v) is 6.02. The van der Waals surface area contributed by atoms with Crippen molar-refractivity contribution in [3.63, 3.8) is 0 Å². The average Bonchev–Trinajstić information content (AvgIpc) is 2.04. The Hall–Kier alpha value is -0.220. The Kier molecular flexibility index (Phi) is 3.62. The van der Waals surface area contributed by atoms with Gasteiger partial charge < -0.3 is 9.42 Å². The van der Waals surface area contributed by atoms with Crippen molar-refractivity contribution < 1.29 is 14.0 Å². The monoisotopic (exact) mass is 265 g/mol. The molecule has 72 valence electrons. The standard InChI is InChI=1S/C7H9BrNO3P/c1-2-12-13(10,11)7-5-9-4-3-6(7)8/h3-5H,2H2,1H3,(H,10,11). The van der Waals surface area contributed by atoms with Crippen molar-refractivity contribution in [2.75, 3.05) is 6.61 Å². The Labute approximate surface area is 84.6 Å². The number of hydrogen-bond donors (Lipinski definition) is 1. The lowest BCUT2D eigenvalue weighted by atomic mass is 10.5. The fraction of sp³-hybridized carbons (Fsp3) is 0.286. The molecule has 4 nitrogen and oxygen atoms in total. The molecule has 1 aromatic rings. The summed E-state index contributed by atoms with van der Waals surface area (Å²) in [5.41, 5.74) is 0. The van der Waals surface area contributed by atoms with Gasteiger partial charge in [0.25, 0.3) is 0 Å². The van der Waals surface area contributed by atoms with Gasteiger partial charge in [-0.3, -0.25) is 9.55 Å². The number of rotatable bonds is 3. The van der Waals surface area contributed by atoms with Gasteiger partial charge in [0.15, 0.2) is 0 Å². The van der Waals surface area contributed by atoms with Crippen LogP contribution < -0.4 is 5.30 Å². The van der Waals surface area contributed by atoms with Gasteiger partial charge in [0.1, 0.15) is 0 Å². The van der Waals surface area contributed by atoms with E-state index in [1.165, 1.54) is 12.4 Å². The van der Waals surface area contributed by atoms with Crippen LogP contribution in [-0.2, 0) is 9.09 Å². The lowest BCUT2D eigenvalue weighted by molar-refractivity contribution is 0.284. The molecule has 13 heavy (non-hydrogen) atoms. The maximum Gasteiger partial charge on any atom is 0.361 e. The zero-order valence-electron chi connectivity index (χ0n) is 6.98. The van der Waals surface area contributed by atoms with Crippen LogP contribution in [0.1, 0.15) is 6.92 Å². The molecule has 1 unspecified atom stereocenters. The molecular weight excluding hydrogens is 257 g/mol. The summed E-state index contributed by atoms with van der Waals surface area (Å²) < 4.78 is 16.8. The normalized spacial score (nSPS) is 15.3. The van der Waals surface area contributed by atoms with Crippen molar-refractivity contribution in [1.82, 2.24) is 4.98 Å². The first kappa shape index (κ1) is 10.9. The highest BCUT2D eigenvalue weighted by molar-refractivity contribution is 9.10. The lowest BCUT2D eigenvalue weighted by Gasteiger charge is -2.11. The van der Waals surface area contributed by atoms with Gasteiger partial charge in [-0.2, -0.15) is 0 Å². The van der Waals surface area contributed by atoms with Crippen LogP contribution in [0.25, 0.3) is 0 Å². The molecule has 6 heteroatoms. The van der Waals surface area contributed by atoms with Gasteiger partial charge in [-0.05, 0) is 28.9 Å². The van der Waals surface area contributed by atoms with E-state index in [9.17, 15) is 9.46 Å². The van der Waals surface area contributed by atoms with Crippen LogP contribution in [0.15, 0.2) is 22.9 Å². The third kappa shape index (κ3) is 2.61. The molecule has 1 aromatic heterocycles. The van der Waals surface area contributed by atoms with Crippen LogP contribution in [0.4, 0.5) is 0 Å². The molecule has 0 bridgehead atoms. The largest absolute Gasteiger partial charge is 0.361 e. The van der Waals surface area contributed by atoms with E-state index in [-0.39, 0.29) is 11.9 Å². The number of nitrogens with zero attached hydrogens (tertiary/aromatic N) is 1. The minimum atomic E-state index is -3.69. The Morgan fingerprint density at radius 3 is 3.00 bits per heavy atom. The molecule has 0 aromatic carbocycles. The fourth-order valence-electron chi connectivity index (χ4n) is 0.822. The molecule has 0 amide bonds. The summed E-state index contributed by atoms with van der Waals surface area (Å²) in [5, 5.41) is 0.192. The van der Waals surface area contributed by atoms with Crippen LogP contribution in [0, 0.1) is 0 Å². The summed E-state index contributed by atoms with van der Waals surface area (Å²) in [7, 11) is -3.69. The molecule has 0 spiro atoms. The molecule has 1 atom stereocenters. The molecule has 0 radical (unpaired) electrons. The van der Waals surface area contributed by atoms with Crippen molar-refractivity contribution in [1.29, 1.82) is 0 Å². The molecule has 0 aliphatic carbocycles.